The van der Waals surface area contributed by atoms with Crippen LogP contribution in [0.1, 0.15) is 62.1 Å². The lowest BCUT2D eigenvalue weighted by Gasteiger charge is -2.39. The van der Waals surface area contributed by atoms with Crippen molar-refractivity contribution in [2.24, 2.45) is 5.41 Å². The van der Waals surface area contributed by atoms with Gasteiger partial charge in [-0.25, -0.2) is 0 Å². The molecule has 1 saturated carbocycles. The molecule has 0 aliphatic heterocycles. The van der Waals surface area contributed by atoms with E-state index in [-0.39, 0.29) is 5.41 Å². The van der Waals surface area contributed by atoms with Gasteiger partial charge in [-0.15, -0.1) is 0 Å². The quantitative estimate of drug-likeness (QED) is 0.835. The molecule has 3 heteroatoms. The molecule has 1 aromatic heterocycles. The normalized spacial score (nSPS) is 28.9. The number of Topliss-reactive ketones (excluding diaryl/α,β-unsaturated/α-hetero) is 1. The smallest absolute Gasteiger partial charge is 0.165 e. The maximum Gasteiger partial charge on any atom is 0.165 e. The van der Waals surface area contributed by atoms with Crippen LogP contribution < -0.4 is 0 Å². The molecule has 2 aliphatic carbocycles. The third kappa shape index (κ3) is 2.25. The number of fused-ring (bicyclic) bond motifs is 1. The van der Waals surface area contributed by atoms with Gasteiger partial charge in [-0.05, 0) is 37.7 Å². The van der Waals surface area contributed by atoms with Crippen molar-refractivity contribution in [2.45, 2.75) is 58.6 Å². The van der Waals surface area contributed by atoms with Gasteiger partial charge in [0.05, 0.1) is 6.10 Å². The highest BCUT2D eigenvalue weighted by molar-refractivity contribution is 5.98. The third-order valence-corrected chi connectivity index (χ3v) is 4.48. The van der Waals surface area contributed by atoms with E-state index < -0.39 is 0 Å². The molecule has 3 nitrogen and oxygen atoms in total. The maximum absolute atomic E-state index is 12.2. The largest absolute Gasteiger partial charge is 0.378 e. The summed E-state index contributed by atoms with van der Waals surface area (Å²) >= 11 is 0. The van der Waals surface area contributed by atoms with E-state index in [4.69, 9.17) is 4.74 Å². The number of ether oxygens (including phenoxy) is 1. The highest BCUT2D eigenvalue weighted by atomic mass is 16.5. The Morgan fingerprint density at radius 2 is 2.11 bits per heavy atom. The Balaban J connectivity index is 1.81. The van der Waals surface area contributed by atoms with E-state index in [0.717, 1.165) is 31.4 Å². The lowest BCUT2D eigenvalue weighted by atomic mass is 9.76. The third-order valence-electron chi connectivity index (χ3n) is 4.48. The first-order valence-corrected chi connectivity index (χ1v) is 7.34. The van der Waals surface area contributed by atoms with Crippen molar-refractivity contribution in [3.8, 4) is 0 Å². The van der Waals surface area contributed by atoms with Gasteiger partial charge in [-0.3, -0.25) is 4.79 Å². The fraction of sp³-hybridized carbons (Fsp3) is 0.688. The van der Waals surface area contributed by atoms with E-state index in [9.17, 15) is 4.79 Å². The zero-order valence-corrected chi connectivity index (χ0v) is 12.1. The number of aromatic nitrogens is 1. The van der Waals surface area contributed by atoms with Crippen molar-refractivity contribution in [2.75, 3.05) is 6.61 Å². The van der Waals surface area contributed by atoms with Crippen LogP contribution in [0.25, 0.3) is 0 Å². The van der Waals surface area contributed by atoms with Crippen molar-refractivity contribution in [3.63, 3.8) is 0 Å². The van der Waals surface area contributed by atoms with E-state index in [0.29, 0.717) is 24.3 Å². The van der Waals surface area contributed by atoms with Crippen LogP contribution in [0.4, 0.5) is 0 Å². The number of ketones is 1. The van der Waals surface area contributed by atoms with E-state index in [1.807, 2.05) is 13.0 Å². The average molecular weight is 261 g/mol. The Hall–Kier alpha value is -1.09. The predicted molar refractivity (Wildman–Crippen MR) is 74.5 cm³/mol. The molecule has 0 aromatic carbocycles. The van der Waals surface area contributed by atoms with Crippen LogP contribution in [0.15, 0.2) is 12.3 Å². The van der Waals surface area contributed by atoms with Gasteiger partial charge in [0, 0.05) is 36.5 Å². The average Bonchev–Trinajstić information content (AvgIpc) is 2.64. The van der Waals surface area contributed by atoms with E-state index in [1.165, 1.54) is 5.69 Å². The minimum atomic E-state index is 0.100. The summed E-state index contributed by atoms with van der Waals surface area (Å²) in [5.74, 6) is 0.311. The molecular weight excluding hydrogens is 238 g/mol. The molecule has 3 rings (SSSR count). The van der Waals surface area contributed by atoms with Crippen molar-refractivity contribution >= 4 is 5.78 Å². The zero-order chi connectivity index (χ0) is 13.6. The van der Waals surface area contributed by atoms with E-state index in [1.54, 1.807) is 0 Å². The summed E-state index contributed by atoms with van der Waals surface area (Å²) in [6.45, 7) is 7.22. The number of rotatable bonds is 3. The fourth-order valence-electron chi connectivity index (χ4n) is 3.45. The molecule has 1 heterocycles. The van der Waals surface area contributed by atoms with Gasteiger partial charge in [-0.1, -0.05) is 13.8 Å². The molecule has 19 heavy (non-hydrogen) atoms. The fourth-order valence-corrected chi connectivity index (χ4v) is 3.45. The molecule has 0 radical (unpaired) electrons. The van der Waals surface area contributed by atoms with Gasteiger partial charge in [0.1, 0.15) is 0 Å². The highest BCUT2D eigenvalue weighted by Crippen LogP contribution is 2.41. The second-order valence-electron chi connectivity index (χ2n) is 6.73. The highest BCUT2D eigenvalue weighted by Gasteiger charge is 2.37. The second kappa shape index (κ2) is 4.48. The molecule has 0 N–H and O–H groups in total. The minimum absolute atomic E-state index is 0.100. The lowest BCUT2D eigenvalue weighted by Crippen LogP contribution is -2.35. The Kier molecular flexibility index (Phi) is 3.05. The van der Waals surface area contributed by atoms with Crippen LogP contribution in [0.3, 0.4) is 0 Å². The minimum Gasteiger partial charge on any atom is -0.378 e. The second-order valence-corrected chi connectivity index (χ2v) is 6.73. The molecule has 0 bridgehead atoms. The Morgan fingerprint density at radius 3 is 2.79 bits per heavy atom. The Morgan fingerprint density at radius 1 is 1.37 bits per heavy atom. The number of nitrogens with zero attached hydrogens (tertiary/aromatic N) is 1. The Bertz CT molecular complexity index is 495. The van der Waals surface area contributed by atoms with Crippen molar-refractivity contribution in [1.29, 1.82) is 0 Å². The molecule has 1 fully saturated rings. The SMILES string of the molecule is CCOC1CC(n2ccc3c2CC(C)(C)CC3=O)C1. The maximum atomic E-state index is 12.2. The number of carbonyl (C=O) groups is 1. The van der Waals surface area contributed by atoms with Gasteiger partial charge >= 0.3 is 0 Å². The number of carbonyl (C=O) groups excluding carboxylic acids is 1. The van der Waals surface area contributed by atoms with Gasteiger partial charge < -0.3 is 9.30 Å². The zero-order valence-electron chi connectivity index (χ0n) is 12.1. The summed E-state index contributed by atoms with van der Waals surface area (Å²) in [6.07, 6.45) is 6.39. The topological polar surface area (TPSA) is 31.2 Å². The van der Waals surface area contributed by atoms with Crippen LogP contribution >= 0.6 is 0 Å². The molecule has 1 aromatic rings. The van der Waals surface area contributed by atoms with Crippen LogP contribution in [0.2, 0.25) is 0 Å². The first-order valence-electron chi connectivity index (χ1n) is 7.34. The van der Waals surface area contributed by atoms with E-state index in [2.05, 4.69) is 24.6 Å². The van der Waals surface area contributed by atoms with Crippen molar-refractivity contribution in [3.05, 3.63) is 23.5 Å². The molecule has 0 saturated heterocycles. The number of hydrogen-bond donors (Lipinski definition) is 0. The van der Waals surface area contributed by atoms with Crippen LogP contribution in [0, 0.1) is 5.41 Å². The summed E-state index contributed by atoms with van der Waals surface area (Å²) in [5, 5.41) is 0. The number of hydrogen-bond acceptors (Lipinski definition) is 2. The van der Waals surface area contributed by atoms with Gasteiger partial charge in [0.2, 0.25) is 0 Å². The molecule has 0 atom stereocenters. The molecule has 0 amide bonds. The van der Waals surface area contributed by atoms with Crippen molar-refractivity contribution < 1.29 is 9.53 Å². The summed E-state index contributed by atoms with van der Waals surface area (Å²) in [4.78, 5) is 12.2. The van der Waals surface area contributed by atoms with Crippen LogP contribution in [0.5, 0.6) is 0 Å². The lowest BCUT2D eigenvalue weighted by molar-refractivity contribution is -0.0204. The summed E-state index contributed by atoms with van der Waals surface area (Å²) < 4.78 is 7.97. The van der Waals surface area contributed by atoms with Crippen molar-refractivity contribution in [1.82, 2.24) is 4.57 Å². The first kappa shape index (κ1) is 12.9. The standard InChI is InChI=1S/C16H23NO2/c1-4-19-12-7-11(8-12)17-6-5-13-14(17)9-16(2,3)10-15(13)18/h5-6,11-12H,4,7-10H2,1-3H3. The van der Waals surface area contributed by atoms with Crippen LogP contribution in [-0.2, 0) is 11.2 Å². The van der Waals surface area contributed by atoms with Crippen LogP contribution in [-0.4, -0.2) is 23.1 Å². The first-order chi connectivity index (χ1) is 9.00. The predicted octanol–water partition coefficient (Wildman–Crippen LogP) is 3.38. The van der Waals surface area contributed by atoms with Gasteiger partial charge in [0.25, 0.3) is 0 Å². The molecular formula is C16H23NO2. The van der Waals surface area contributed by atoms with E-state index >= 15 is 0 Å². The summed E-state index contributed by atoms with van der Waals surface area (Å²) in [5.41, 5.74) is 2.31. The molecule has 104 valence electrons. The molecule has 0 spiro atoms. The van der Waals surface area contributed by atoms with Gasteiger partial charge in [0.15, 0.2) is 5.78 Å². The molecule has 2 aliphatic rings. The Labute approximate surface area is 114 Å². The van der Waals surface area contributed by atoms with Gasteiger partial charge in [-0.2, -0.15) is 0 Å². The monoisotopic (exact) mass is 261 g/mol. The summed E-state index contributed by atoms with van der Waals surface area (Å²) in [7, 11) is 0. The molecule has 0 unspecified atom stereocenters. The summed E-state index contributed by atoms with van der Waals surface area (Å²) in [6, 6.07) is 2.54.